The second-order valence-corrected chi connectivity index (χ2v) is 17.5. The van der Waals surface area contributed by atoms with Crippen molar-refractivity contribution in [2.24, 2.45) is 45.3 Å². The van der Waals surface area contributed by atoms with Crippen molar-refractivity contribution in [2.75, 3.05) is 13.2 Å². The second kappa shape index (κ2) is 9.87. The first kappa shape index (κ1) is 32.8. The molecule has 0 aromatic carbocycles. The van der Waals surface area contributed by atoms with Crippen LogP contribution in [0.1, 0.15) is 67.2 Å². The lowest BCUT2D eigenvalue weighted by molar-refractivity contribution is -0.155. The van der Waals surface area contributed by atoms with E-state index in [1.165, 1.54) is 0 Å². The van der Waals surface area contributed by atoms with Gasteiger partial charge in [-0.15, -0.1) is 0 Å². The highest BCUT2D eigenvalue weighted by Crippen LogP contribution is 2.74. The maximum Gasteiger partial charge on any atom is 0.331 e. The minimum atomic E-state index is -0.775. The Morgan fingerprint density at radius 2 is 1.20 bits per heavy atom. The number of carbonyl (C=O) groups is 4. The molecular weight excluding hydrogens is 648 g/mol. The van der Waals surface area contributed by atoms with Gasteiger partial charge in [0, 0.05) is 54.5 Å². The third-order valence-electron chi connectivity index (χ3n) is 14.7. The second-order valence-electron chi connectivity index (χ2n) is 17.5. The summed E-state index contributed by atoms with van der Waals surface area (Å²) in [4.78, 5) is 49.9. The van der Waals surface area contributed by atoms with Crippen LogP contribution in [0.5, 0.6) is 0 Å². The van der Waals surface area contributed by atoms with Crippen molar-refractivity contribution in [3.8, 4) is 0 Å². The average molecular weight is 695 g/mol. The van der Waals surface area contributed by atoms with Crippen molar-refractivity contribution in [2.45, 2.75) is 115 Å². The summed E-state index contributed by atoms with van der Waals surface area (Å²) in [6.07, 6.45) is 8.10. The van der Waals surface area contributed by atoms with Crippen molar-refractivity contribution < 1.29 is 57.8 Å². The predicted octanol–water partition coefficient (Wildman–Crippen LogP) is 2.49. The Kier molecular flexibility index (Phi) is 6.48. The maximum atomic E-state index is 12.7. The highest BCUT2D eigenvalue weighted by Gasteiger charge is 2.84. The highest BCUT2D eigenvalue weighted by atomic mass is 16.7. The molecule has 0 aromatic heterocycles. The number of fused-ring (bicyclic) bond motifs is 4. The molecule has 4 saturated heterocycles. The predicted molar refractivity (Wildman–Crippen MR) is 170 cm³/mol. The molecule has 10 rings (SSSR count). The van der Waals surface area contributed by atoms with Crippen LogP contribution in [0.4, 0.5) is 0 Å². The quantitative estimate of drug-likeness (QED) is 0.191. The summed E-state index contributed by atoms with van der Waals surface area (Å²) in [5, 5.41) is 19.3. The number of hydrogen-bond donors (Lipinski definition) is 2. The highest BCUT2D eigenvalue weighted by molar-refractivity contribution is 5.88. The first-order chi connectivity index (χ1) is 23.6. The van der Waals surface area contributed by atoms with Crippen molar-refractivity contribution in [3.05, 3.63) is 35.5 Å². The summed E-state index contributed by atoms with van der Waals surface area (Å²) in [6.45, 7) is 11.7. The number of cyclic esters (lactones) is 2. The molecule has 0 aromatic rings. The van der Waals surface area contributed by atoms with E-state index in [1.54, 1.807) is 12.2 Å². The third kappa shape index (κ3) is 3.61. The monoisotopic (exact) mass is 694 g/mol. The fourth-order valence-corrected chi connectivity index (χ4v) is 12.4. The standard InChI is InChI=1S/C19H24O6.C19H22O6/c2*1-9(8-20)14-19-10(7-11(21)23-14)17(2)5-4-6-18(3)13(17)12(15(19)25-19)24-16(18)22/h7,9,12-15,20H,4-6,8H2,1-3H3;4,6-7,9,12-15,20H,5,8H2,1-3H3. The normalized spacial score (nSPS) is 53.4. The van der Waals surface area contributed by atoms with E-state index in [1.807, 2.05) is 39.8 Å². The molecule has 12 nitrogen and oxygen atoms in total. The number of hydrogen-bond acceptors (Lipinski definition) is 12. The van der Waals surface area contributed by atoms with Gasteiger partial charge in [-0.2, -0.15) is 0 Å². The van der Waals surface area contributed by atoms with Gasteiger partial charge in [0.15, 0.2) is 11.2 Å². The number of allylic oxidation sites excluding steroid dienone is 1. The minimum Gasteiger partial charge on any atom is -0.459 e. The number of carbonyl (C=O) groups excluding carboxylic acids is 4. The Morgan fingerprint density at radius 3 is 1.76 bits per heavy atom. The first-order valence-corrected chi connectivity index (χ1v) is 18.1. The number of aliphatic hydroxyl groups excluding tert-OH is 2. The molecule has 4 aliphatic carbocycles. The molecule has 0 bridgehead atoms. The Hall–Kier alpha value is -3.06. The third-order valence-corrected chi connectivity index (χ3v) is 14.7. The summed E-state index contributed by atoms with van der Waals surface area (Å²) >= 11 is 0. The Bertz CT molecular complexity index is 1720. The number of rotatable bonds is 4. The van der Waals surface area contributed by atoms with Crippen LogP contribution in [0, 0.1) is 45.3 Å². The molecule has 0 amide bonds. The summed E-state index contributed by atoms with van der Waals surface area (Å²) in [7, 11) is 0. The molecule has 2 spiro atoms. The van der Waals surface area contributed by atoms with E-state index in [4.69, 9.17) is 28.4 Å². The van der Waals surface area contributed by atoms with Gasteiger partial charge in [0.25, 0.3) is 0 Å². The van der Waals surface area contributed by atoms with Gasteiger partial charge in [0.2, 0.25) is 0 Å². The van der Waals surface area contributed by atoms with Gasteiger partial charge in [-0.3, -0.25) is 9.59 Å². The Morgan fingerprint density at radius 1 is 0.700 bits per heavy atom. The summed E-state index contributed by atoms with van der Waals surface area (Å²) in [5.74, 6) is -1.71. The average Bonchev–Trinajstić information content (AvgIpc) is 3.95. The molecule has 7 fully saturated rings. The van der Waals surface area contributed by atoms with E-state index in [0.717, 1.165) is 36.8 Å². The van der Waals surface area contributed by atoms with Gasteiger partial charge in [-0.05, 0) is 49.7 Å². The van der Waals surface area contributed by atoms with E-state index in [2.05, 4.69) is 13.8 Å². The van der Waals surface area contributed by atoms with Gasteiger partial charge in [0.05, 0.1) is 10.8 Å². The summed E-state index contributed by atoms with van der Waals surface area (Å²) in [6, 6.07) is 0. The van der Waals surface area contributed by atoms with E-state index in [9.17, 15) is 29.4 Å². The molecule has 6 heterocycles. The van der Waals surface area contributed by atoms with E-state index in [-0.39, 0.29) is 84.6 Å². The zero-order chi connectivity index (χ0) is 35.6. The van der Waals surface area contributed by atoms with Gasteiger partial charge in [0.1, 0.15) is 36.6 Å². The van der Waals surface area contributed by atoms with Crippen molar-refractivity contribution in [1.29, 1.82) is 0 Å². The molecular formula is C38H46O12. The van der Waals surface area contributed by atoms with Gasteiger partial charge in [-0.25, -0.2) is 9.59 Å². The molecule has 50 heavy (non-hydrogen) atoms. The van der Waals surface area contributed by atoms with Crippen molar-refractivity contribution in [1.82, 2.24) is 0 Å². The molecule has 16 atom stereocenters. The van der Waals surface area contributed by atoms with Crippen LogP contribution in [0.2, 0.25) is 0 Å². The fraction of sp³-hybridized carbons (Fsp3) is 0.737. The van der Waals surface area contributed by atoms with E-state index in [0.29, 0.717) is 0 Å². The maximum absolute atomic E-state index is 12.7. The van der Waals surface area contributed by atoms with Crippen LogP contribution < -0.4 is 0 Å². The van der Waals surface area contributed by atoms with E-state index >= 15 is 0 Å². The van der Waals surface area contributed by atoms with Crippen LogP contribution in [-0.4, -0.2) is 95.1 Å². The zero-order valence-electron chi connectivity index (χ0n) is 29.3. The van der Waals surface area contributed by atoms with Crippen LogP contribution >= 0.6 is 0 Å². The largest absolute Gasteiger partial charge is 0.459 e. The smallest absolute Gasteiger partial charge is 0.331 e. The molecule has 270 valence electrons. The fourth-order valence-electron chi connectivity index (χ4n) is 12.4. The van der Waals surface area contributed by atoms with Gasteiger partial charge >= 0.3 is 23.9 Å². The topological polar surface area (TPSA) is 171 Å². The molecule has 16 unspecified atom stereocenters. The van der Waals surface area contributed by atoms with Crippen LogP contribution in [0.3, 0.4) is 0 Å². The Labute approximate surface area is 290 Å². The summed E-state index contributed by atoms with van der Waals surface area (Å²) in [5.41, 5.74) is -1.62. The van der Waals surface area contributed by atoms with Crippen molar-refractivity contribution >= 4 is 23.9 Å². The SMILES string of the molecule is CC(CO)C1OC(=O)C=C2C3(C)CC=CC4(C)C(=O)OC(C43)C3OC213.CC(CO)C1OC(=O)C=C2C3(C)CCCC4(C)C(=O)OC(C43)C3OC213. The van der Waals surface area contributed by atoms with Gasteiger partial charge in [-0.1, -0.05) is 46.3 Å². The molecule has 12 heteroatoms. The zero-order valence-corrected chi connectivity index (χ0v) is 29.3. The molecule has 0 radical (unpaired) electrons. The molecule has 6 aliphatic heterocycles. The lowest BCUT2D eigenvalue weighted by Gasteiger charge is -2.54. The number of esters is 4. The first-order valence-electron chi connectivity index (χ1n) is 18.1. The lowest BCUT2D eigenvalue weighted by atomic mass is 9.47. The molecule has 3 saturated carbocycles. The molecule has 10 aliphatic rings. The number of epoxide rings is 2. The van der Waals surface area contributed by atoms with E-state index < -0.39 is 45.6 Å². The van der Waals surface area contributed by atoms with Crippen molar-refractivity contribution in [3.63, 3.8) is 0 Å². The number of ether oxygens (including phenoxy) is 6. The minimum absolute atomic E-state index is 0.0177. The lowest BCUT2D eigenvalue weighted by Crippen LogP contribution is -2.60. The van der Waals surface area contributed by atoms with Crippen LogP contribution in [-0.2, 0) is 47.6 Å². The van der Waals surface area contributed by atoms with Gasteiger partial charge < -0.3 is 38.6 Å². The summed E-state index contributed by atoms with van der Waals surface area (Å²) < 4.78 is 35.2. The van der Waals surface area contributed by atoms with Crippen LogP contribution in [0.25, 0.3) is 0 Å². The molecule has 2 N–H and O–H groups in total. The number of aliphatic hydroxyl groups is 2. The van der Waals surface area contributed by atoms with Crippen LogP contribution in [0.15, 0.2) is 35.5 Å². The Balaban J connectivity index is 0.000000135.